The normalized spacial score (nSPS) is 16.7. The highest BCUT2D eigenvalue weighted by atomic mass is 32.2. The molecule has 7 heteroatoms. The van der Waals surface area contributed by atoms with E-state index in [1.807, 2.05) is 0 Å². The third kappa shape index (κ3) is 4.34. The molecule has 1 aromatic carbocycles. The van der Waals surface area contributed by atoms with Gasteiger partial charge < -0.3 is 11.1 Å². The number of sulfonamides is 1. The van der Waals surface area contributed by atoms with Crippen molar-refractivity contribution in [1.82, 2.24) is 4.72 Å². The van der Waals surface area contributed by atoms with Gasteiger partial charge in [-0.2, -0.15) is 0 Å². The topological polar surface area (TPSA) is 101 Å². The second-order valence-electron chi connectivity index (χ2n) is 6.90. The molecule has 0 aliphatic heterocycles. The first-order valence-corrected chi connectivity index (χ1v) is 9.89. The molecule has 0 saturated heterocycles. The number of benzene rings is 1. The zero-order valence-corrected chi connectivity index (χ0v) is 15.2. The lowest BCUT2D eigenvalue weighted by Gasteiger charge is -2.41. The summed E-state index contributed by atoms with van der Waals surface area (Å²) in [5.41, 5.74) is 5.54. The fourth-order valence-corrected chi connectivity index (χ4v) is 4.28. The summed E-state index contributed by atoms with van der Waals surface area (Å²) in [6.07, 6.45) is 3.71. The minimum atomic E-state index is -3.61. The van der Waals surface area contributed by atoms with E-state index in [4.69, 9.17) is 5.73 Å². The summed E-state index contributed by atoms with van der Waals surface area (Å²) in [4.78, 5) is 12.8. The van der Waals surface area contributed by atoms with Crippen LogP contribution >= 0.6 is 0 Å². The van der Waals surface area contributed by atoms with Crippen LogP contribution in [0.4, 0.5) is 5.69 Å². The predicted molar refractivity (Wildman–Crippen MR) is 95.1 cm³/mol. The van der Waals surface area contributed by atoms with Gasteiger partial charge in [0.2, 0.25) is 15.9 Å². The minimum absolute atomic E-state index is 0.00749. The molecule has 0 bridgehead atoms. The second kappa shape index (κ2) is 7.63. The number of rotatable bonds is 8. The molecule has 1 saturated carbocycles. The van der Waals surface area contributed by atoms with Gasteiger partial charge in [-0.25, -0.2) is 13.1 Å². The fourth-order valence-electron chi connectivity index (χ4n) is 3.19. The van der Waals surface area contributed by atoms with Gasteiger partial charge >= 0.3 is 0 Å². The van der Waals surface area contributed by atoms with Gasteiger partial charge in [-0.3, -0.25) is 4.79 Å². The van der Waals surface area contributed by atoms with Crippen LogP contribution in [0.2, 0.25) is 0 Å². The van der Waals surface area contributed by atoms with E-state index in [0.717, 1.165) is 25.7 Å². The van der Waals surface area contributed by atoms with Crippen LogP contribution in [-0.4, -0.2) is 27.4 Å². The van der Waals surface area contributed by atoms with E-state index in [1.165, 1.54) is 12.1 Å². The van der Waals surface area contributed by atoms with Gasteiger partial charge in [0.25, 0.3) is 0 Å². The molecule has 24 heavy (non-hydrogen) atoms. The van der Waals surface area contributed by atoms with Crippen molar-refractivity contribution >= 4 is 21.6 Å². The van der Waals surface area contributed by atoms with Crippen molar-refractivity contribution in [3.05, 3.63) is 24.3 Å². The van der Waals surface area contributed by atoms with Crippen LogP contribution in [0, 0.1) is 11.3 Å². The van der Waals surface area contributed by atoms with Crippen LogP contribution in [0.15, 0.2) is 29.2 Å². The molecule has 1 aliphatic rings. The lowest BCUT2D eigenvalue weighted by Crippen LogP contribution is -2.43. The number of nitrogens with one attached hydrogen (secondary N) is 2. The molecule has 1 fully saturated rings. The maximum absolute atomic E-state index is 12.7. The summed E-state index contributed by atoms with van der Waals surface area (Å²) in [6, 6.07) is 6.32. The summed E-state index contributed by atoms with van der Waals surface area (Å²) in [5, 5.41) is 2.90. The van der Waals surface area contributed by atoms with Crippen molar-refractivity contribution in [3.63, 3.8) is 0 Å². The van der Waals surface area contributed by atoms with E-state index in [2.05, 4.69) is 23.9 Å². The number of carbonyl (C=O) groups is 1. The van der Waals surface area contributed by atoms with E-state index >= 15 is 0 Å². The largest absolute Gasteiger partial charge is 0.329 e. The van der Waals surface area contributed by atoms with Gasteiger partial charge in [-0.15, -0.1) is 0 Å². The van der Waals surface area contributed by atoms with Crippen LogP contribution in [0.25, 0.3) is 0 Å². The monoisotopic (exact) mass is 353 g/mol. The van der Waals surface area contributed by atoms with Crippen LogP contribution in [0.5, 0.6) is 0 Å². The van der Waals surface area contributed by atoms with Gasteiger partial charge in [-0.1, -0.05) is 26.3 Å². The number of hydrogen-bond acceptors (Lipinski definition) is 4. The molecule has 1 amide bonds. The quantitative estimate of drug-likeness (QED) is 0.666. The highest BCUT2D eigenvalue weighted by molar-refractivity contribution is 7.89. The first-order valence-electron chi connectivity index (χ1n) is 8.40. The molecule has 0 spiro atoms. The lowest BCUT2D eigenvalue weighted by atomic mass is 9.64. The zero-order valence-electron chi connectivity index (χ0n) is 14.3. The Balaban J connectivity index is 2.13. The number of carbonyl (C=O) groups excluding carboxylic acids is 1. The maximum atomic E-state index is 12.7. The van der Waals surface area contributed by atoms with E-state index in [0.29, 0.717) is 11.6 Å². The Morgan fingerprint density at radius 2 is 2.04 bits per heavy atom. The predicted octanol–water partition coefficient (Wildman–Crippen LogP) is 2.08. The Hall–Kier alpha value is -1.44. The molecule has 1 aliphatic carbocycles. The molecule has 1 aromatic rings. The number of hydrogen-bond donors (Lipinski definition) is 3. The summed E-state index contributed by atoms with van der Waals surface area (Å²) < 4.78 is 26.7. The van der Waals surface area contributed by atoms with Crippen LogP contribution in [0.1, 0.15) is 39.5 Å². The highest BCUT2D eigenvalue weighted by Gasteiger charge is 2.44. The van der Waals surface area contributed by atoms with Crippen molar-refractivity contribution < 1.29 is 13.2 Å². The van der Waals surface area contributed by atoms with Gasteiger partial charge in [0.15, 0.2) is 0 Å². The van der Waals surface area contributed by atoms with Gasteiger partial charge in [0.1, 0.15) is 0 Å². The Kier molecular flexibility index (Phi) is 6.01. The molecule has 2 rings (SSSR count). The third-order valence-electron chi connectivity index (χ3n) is 4.43. The molecule has 0 aromatic heterocycles. The fraction of sp³-hybridized carbons (Fsp3) is 0.588. The molecule has 4 N–H and O–H groups in total. The standard InChI is InChI=1S/C17H27N3O3S/c1-13(2)12-17(7-4-8-17)16(21)20-14-5-3-6-15(11-14)24(22,23)19-10-9-18/h3,5-6,11,13,19H,4,7-10,12,18H2,1-2H3,(H,20,21). The molecule has 0 unspecified atom stereocenters. The molecule has 0 heterocycles. The molecular weight excluding hydrogens is 326 g/mol. The smallest absolute Gasteiger partial charge is 0.240 e. The van der Waals surface area contributed by atoms with E-state index in [-0.39, 0.29) is 29.3 Å². The van der Waals surface area contributed by atoms with Crippen molar-refractivity contribution in [3.8, 4) is 0 Å². The summed E-state index contributed by atoms with van der Waals surface area (Å²) in [5.74, 6) is 0.440. The van der Waals surface area contributed by atoms with Crippen LogP contribution in [0.3, 0.4) is 0 Å². The first-order chi connectivity index (χ1) is 11.3. The Labute approximate surface area is 144 Å². The van der Waals surface area contributed by atoms with Crippen molar-refractivity contribution in [2.45, 2.75) is 44.4 Å². The Bertz CT molecular complexity index is 682. The highest BCUT2D eigenvalue weighted by Crippen LogP contribution is 2.46. The molecular formula is C17H27N3O3S. The summed E-state index contributed by atoms with van der Waals surface area (Å²) in [7, 11) is -3.61. The van der Waals surface area contributed by atoms with Gasteiger partial charge in [0.05, 0.1) is 4.90 Å². The number of amides is 1. The summed E-state index contributed by atoms with van der Waals surface area (Å²) >= 11 is 0. The van der Waals surface area contributed by atoms with Crippen LogP contribution in [-0.2, 0) is 14.8 Å². The molecule has 0 radical (unpaired) electrons. The molecule has 6 nitrogen and oxygen atoms in total. The van der Waals surface area contributed by atoms with Gasteiger partial charge in [0, 0.05) is 24.2 Å². The van der Waals surface area contributed by atoms with E-state index in [9.17, 15) is 13.2 Å². The second-order valence-corrected chi connectivity index (χ2v) is 8.67. The average molecular weight is 353 g/mol. The third-order valence-corrected chi connectivity index (χ3v) is 5.89. The Morgan fingerprint density at radius 1 is 1.33 bits per heavy atom. The lowest BCUT2D eigenvalue weighted by molar-refractivity contribution is -0.131. The zero-order chi connectivity index (χ0) is 17.8. The number of anilines is 1. The molecule has 134 valence electrons. The van der Waals surface area contributed by atoms with Crippen molar-refractivity contribution in [2.24, 2.45) is 17.1 Å². The van der Waals surface area contributed by atoms with Gasteiger partial charge in [-0.05, 0) is 43.4 Å². The summed E-state index contributed by atoms with van der Waals surface area (Å²) in [6.45, 7) is 4.64. The number of nitrogens with two attached hydrogens (primary N) is 1. The average Bonchev–Trinajstić information content (AvgIpc) is 2.49. The van der Waals surface area contributed by atoms with Crippen molar-refractivity contribution in [2.75, 3.05) is 18.4 Å². The van der Waals surface area contributed by atoms with E-state index in [1.54, 1.807) is 12.1 Å². The Morgan fingerprint density at radius 3 is 2.58 bits per heavy atom. The minimum Gasteiger partial charge on any atom is -0.329 e. The first kappa shape index (κ1) is 18.9. The van der Waals surface area contributed by atoms with Crippen LogP contribution < -0.4 is 15.8 Å². The SMILES string of the molecule is CC(C)CC1(C(=O)Nc2cccc(S(=O)(=O)NCCN)c2)CCC1. The van der Waals surface area contributed by atoms with Crippen molar-refractivity contribution in [1.29, 1.82) is 0 Å². The van der Waals surface area contributed by atoms with E-state index < -0.39 is 10.0 Å². The maximum Gasteiger partial charge on any atom is 0.240 e. The molecule has 0 atom stereocenters.